The summed E-state index contributed by atoms with van der Waals surface area (Å²) in [6.45, 7) is 3.01. The number of thiazole rings is 1. The number of aromatic nitrogens is 1. The monoisotopic (exact) mass is 482 g/mol. The van der Waals surface area contributed by atoms with Crippen LogP contribution in [0.4, 0.5) is 0 Å². The van der Waals surface area contributed by atoms with Crippen LogP contribution in [0.25, 0.3) is 6.08 Å². The Morgan fingerprint density at radius 2 is 1.85 bits per heavy atom. The Morgan fingerprint density at radius 1 is 1.15 bits per heavy atom. The molecule has 0 radical (unpaired) electrons. The highest BCUT2D eigenvalue weighted by Gasteiger charge is 2.34. The average molecular weight is 483 g/mol. The number of carbonyl (C=O) groups is 2. The number of hydrogen-bond donors (Lipinski definition) is 0. The summed E-state index contributed by atoms with van der Waals surface area (Å²) in [5, 5.41) is 0.411. The van der Waals surface area contributed by atoms with Crippen LogP contribution < -0.4 is 19.6 Å². The van der Waals surface area contributed by atoms with Crippen LogP contribution in [-0.4, -0.2) is 23.6 Å². The van der Waals surface area contributed by atoms with E-state index in [1.165, 1.54) is 29.9 Å². The number of carbonyl (C=O) groups excluding carboxylic acids is 2. The number of rotatable bonds is 4. The van der Waals surface area contributed by atoms with Gasteiger partial charge in [-0.2, -0.15) is 0 Å². The van der Waals surface area contributed by atoms with Crippen molar-refractivity contribution in [3.8, 4) is 5.75 Å². The predicted octanol–water partition coefficient (Wildman–Crippen LogP) is 2.99. The van der Waals surface area contributed by atoms with E-state index in [4.69, 9.17) is 21.1 Å². The molecule has 7 nitrogen and oxygen atoms in total. The molecule has 0 saturated carbocycles. The summed E-state index contributed by atoms with van der Waals surface area (Å²) in [5.41, 5.74) is 1.48. The van der Waals surface area contributed by atoms with Crippen LogP contribution in [-0.2, 0) is 14.3 Å². The topological polar surface area (TPSA) is 87.0 Å². The minimum atomic E-state index is -0.798. The number of allylic oxidation sites excluding steroid dienone is 1. The number of para-hydroxylation sites is 1. The molecule has 3 aromatic rings. The van der Waals surface area contributed by atoms with Crippen molar-refractivity contribution < 1.29 is 19.1 Å². The molecule has 9 heteroatoms. The van der Waals surface area contributed by atoms with Crippen LogP contribution in [0.15, 0.2) is 69.6 Å². The summed E-state index contributed by atoms with van der Waals surface area (Å²) in [6, 6.07) is 13.1. The maximum atomic E-state index is 13.6. The zero-order valence-corrected chi connectivity index (χ0v) is 19.6. The van der Waals surface area contributed by atoms with Crippen molar-refractivity contribution in [1.29, 1.82) is 0 Å². The number of hydrogen-bond acceptors (Lipinski definition) is 7. The molecule has 0 spiro atoms. The van der Waals surface area contributed by atoms with Crippen LogP contribution in [0.1, 0.15) is 31.0 Å². The Kier molecular flexibility index (Phi) is 6.31. The van der Waals surface area contributed by atoms with Crippen LogP contribution in [0.5, 0.6) is 5.75 Å². The van der Waals surface area contributed by atoms with Gasteiger partial charge in [-0.15, -0.1) is 0 Å². The maximum Gasteiger partial charge on any atom is 0.338 e. The van der Waals surface area contributed by atoms with E-state index in [0.717, 1.165) is 0 Å². The lowest BCUT2D eigenvalue weighted by molar-refractivity contribution is -0.136. The van der Waals surface area contributed by atoms with E-state index in [9.17, 15) is 14.4 Å². The van der Waals surface area contributed by atoms with Crippen molar-refractivity contribution in [1.82, 2.24) is 4.57 Å². The molecular formula is C24H19ClN2O5S. The molecule has 33 heavy (non-hydrogen) atoms. The average Bonchev–Trinajstić information content (AvgIpc) is 3.08. The minimum Gasteiger partial charge on any atom is -0.466 e. The molecule has 0 saturated heterocycles. The summed E-state index contributed by atoms with van der Waals surface area (Å²) in [4.78, 5) is 42.6. The van der Waals surface area contributed by atoms with E-state index in [1.807, 2.05) is 0 Å². The largest absolute Gasteiger partial charge is 0.466 e. The molecule has 0 amide bonds. The fraction of sp³-hybridized carbons (Fsp3) is 0.167. The Bertz CT molecular complexity index is 1480. The lowest BCUT2D eigenvalue weighted by atomic mass is 9.96. The van der Waals surface area contributed by atoms with Gasteiger partial charge in [-0.1, -0.05) is 59.3 Å². The van der Waals surface area contributed by atoms with Gasteiger partial charge in [0.15, 0.2) is 4.80 Å². The van der Waals surface area contributed by atoms with Gasteiger partial charge in [0.1, 0.15) is 11.8 Å². The Labute approximate surface area is 197 Å². The third kappa shape index (κ3) is 4.27. The summed E-state index contributed by atoms with van der Waals surface area (Å²) >= 11 is 7.64. The lowest BCUT2D eigenvalue weighted by Gasteiger charge is -2.25. The van der Waals surface area contributed by atoms with Gasteiger partial charge >= 0.3 is 11.9 Å². The first-order chi connectivity index (χ1) is 15.8. The molecule has 2 aromatic carbocycles. The standard InChI is InChI=1S/C24H19ClN2O5S/c1-13-20(23(30)31-3)21(16-9-5-6-10-17(16)25)27-22(29)19(33-24(27)26-13)12-15-8-4-7-11-18(15)32-14(2)28/h4-12,21H,1-3H3. The van der Waals surface area contributed by atoms with Crippen LogP contribution in [0, 0.1) is 0 Å². The Morgan fingerprint density at radius 3 is 2.55 bits per heavy atom. The highest BCUT2D eigenvalue weighted by Crippen LogP contribution is 2.34. The molecule has 0 fully saturated rings. The van der Waals surface area contributed by atoms with Crippen molar-refractivity contribution in [2.45, 2.75) is 19.9 Å². The van der Waals surface area contributed by atoms with Crippen LogP contribution in [0.3, 0.4) is 0 Å². The van der Waals surface area contributed by atoms with Crippen LogP contribution in [0.2, 0.25) is 5.02 Å². The van der Waals surface area contributed by atoms with E-state index in [1.54, 1.807) is 61.5 Å². The van der Waals surface area contributed by atoms with Gasteiger partial charge in [0.25, 0.3) is 5.56 Å². The predicted molar refractivity (Wildman–Crippen MR) is 125 cm³/mol. The van der Waals surface area contributed by atoms with E-state index >= 15 is 0 Å². The quantitative estimate of drug-likeness (QED) is 0.421. The third-order valence-electron chi connectivity index (χ3n) is 5.09. The smallest absolute Gasteiger partial charge is 0.338 e. The number of ether oxygens (including phenoxy) is 2. The third-order valence-corrected chi connectivity index (χ3v) is 6.41. The SMILES string of the molecule is COC(=O)C1=C(C)N=c2sc(=Cc3ccccc3OC(C)=O)c(=O)n2C1c1ccccc1Cl. The second-order valence-electron chi connectivity index (χ2n) is 7.23. The van der Waals surface area contributed by atoms with Crippen molar-refractivity contribution in [2.75, 3.05) is 7.11 Å². The molecule has 0 aliphatic carbocycles. The second-order valence-corrected chi connectivity index (χ2v) is 8.64. The van der Waals surface area contributed by atoms with Gasteiger partial charge < -0.3 is 9.47 Å². The van der Waals surface area contributed by atoms with Crippen molar-refractivity contribution >= 4 is 41.0 Å². The Balaban J connectivity index is 1.98. The van der Waals surface area contributed by atoms with Crippen molar-refractivity contribution in [3.05, 3.63) is 95.6 Å². The fourth-order valence-corrected chi connectivity index (χ4v) is 4.95. The highest BCUT2D eigenvalue weighted by molar-refractivity contribution is 7.07. The molecule has 1 atom stereocenters. The number of benzene rings is 2. The highest BCUT2D eigenvalue weighted by atomic mass is 35.5. The van der Waals surface area contributed by atoms with E-state index < -0.39 is 18.0 Å². The molecule has 2 heterocycles. The van der Waals surface area contributed by atoms with Gasteiger partial charge in [0.05, 0.1) is 22.9 Å². The maximum absolute atomic E-state index is 13.6. The first kappa shape index (κ1) is 22.7. The molecule has 1 aliphatic rings. The summed E-state index contributed by atoms with van der Waals surface area (Å²) < 4.78 is 12.1. The molecule has 4 rings (SSSR count). The molecule has 0 bridgehead atoms. The Hall–Kier alpha value is -3.49. The van der Waals surface area contributed by atoms with Gasteiger partial charge in [0.2, 0.25) is 0 Å². The van der Waals surface area contributed by atoms with Gasteiger partial charge in [-0.25, -0.2) is 9.79 Å². The fourth-order valence-electron chi connectivity index (χ4n) is 3.67. The van der Waals surface area contributed by atoms with Gasteiger partial charge in [-0.3, -0.25) is 14.2 Å². The van der Waals surface area contributed by atoms with Crippen molar-refractivity contribution in [2.24, 2.45) is 4.99 Å². The van der Waals surface area contributed by atoms with E-state index in [-0.39, 0.29) is 11.1 Å². The summed E-state index contributed by atoms with van der Waals surface area (Å²) in [7, 11) is 1.28. The van der Waals surface area contributed by atoms with E-state index in [0.29, 0.717) is 36.9 Å². The lowest BCUT2D eigenvalue weighted by Crippen LogP contribution is -2.39. The zero-order chi connectivity index (χ0) is 23.7. The molecular weight excluding hydrogens is 464 g/mol. The van der Waals surface area contributed by atoms with Crippen LogP contribution >= 0.6 is 22.9 Å². The molecule has 168 valence electrons. The second kappa shape index (κ2) is 9.17. The van der Waals surface area contributed by atoms with E-state index in [2.05, 4.69) is 4.99 Å². The zero-order valence-electron chi connectivity index (χ0n) is 18.0. The number of nitrogens with zero attached hydrogens (tertiary/aromatic N) is 2. The minimum absolute atomic E-state index is 0.241. The first-order valence-electron chi connectivity index (χ1n) is 9.94. The first-order valence-corrected chi connectivity index (χ1v) is 11.1. The van der Waals surface area contributed by atoms with Gasteiger partial charge in [0, 0.05) is 17.5 Å². The van der Waals surface area contributed by atoms with Crippen molar-refractivity contribution in [3.63, 3.8) is 0 Å². The molecule has 1 unspecified atom stereocenters. The molecule has 0 N–H and O–H groups in total. The number of methoxy groups -OCH3 is 1. The molecule has 1 aromatic heterocycles. The number of fused-ring (bicyclic) bond motifs is 1. The number of halogens is 1. The normalized spacial score (nSPS) is 15.6. The summed E-state index contributed by atoms with van der Waals surface area (Å²) in [5.74, 6) is -0.713. The number of esters is 2. The molecule has 1 aliphatic heterocycles. The summed E-state index contributed by atoms with van der Waals surface area (Å²) in [6.07, 6.45) is 1.64. The van der Waals surface area contributed by atoms with Gasteiger partial charge in [-0.05, 0) is 30.7 Å².